The van der Waals surface area contributed by atoms with Gasteiger partial charge in [0.25, 0.3) is 0 Å². The topological polar surface area (TPSA) is 29.3 Å². The Bertz CT molecular complexity index is 655. The second-order valence-corrected chi connectivity index (χ2v) is 6.43. The Morgan fingerprint density at radius 1 is 1.05 bits per heavy atom. The van der Waals surface area contributed by atoms with Crippen LogP contribution in [-0.2, 0) is 13.1 Å². The molecule has 0 spiro atoms. The van der Waals surface area contributed by atoms with Crippen LogP contribution in [0.1, 0.15) is 22.7 Å². The van der Waals surface area contributed by atoms with E-state index in [-0.39, 0.29) is 6.04 Å². The van der Waals surface area contributed by atoms with Crippen molar-refractivity contribution in [2.75, 3.05) is 6.54 Å². The highest BCUT2D eigenvalue weighted by atomic mass is 35.5. The molecule has 1 heterocycles. The number of benzene rings is 2. The summed E-state index contributed by atoms with van der Waals surface area (Å²) in [7, 11) is 0. The van der Waals surface area contributed by atoms with Gasteiger partial charge in [-0.05, 0) is 34.9 Å². The Morgan fingerprint density at radius 2 is 1.76 bits per heavy atom. The van der Waals surface area contributed by atoms with E-state index in [9.17, 15) is 0 Å². The zero-order valence-corrected chi connectivity index (χ0v) is 13.6. The van der Waals surface area contributed by atoms with Gasteiger partial charge in [0.2, 0.25) is 0 Å². The minimum atomic E-state index is 0.172. The highest BCUT2D eigenvalue weighted by molar-refractivity contribution is 6.42. The highest BCUT2D eigenvalue weighted by Crippen LogP contribution is 2.40. The Hall–Kier alpha value is -0.770. The first-order valence-electron chi connectivity index (χ1n) is 6.75. The number of hydrogen-bond donors (Lipinski definition) is 1. The standard InChI is InChI=1S/C16H15Cl3N2/c17-11-3-1-10(2-4-11)8-21-9-13-12(15(21)7-20)5-6-14(18)16(13)19/h1-6,15H,7-9,20H2. The smallest absolute Gasteiger partial charge is 0.0640 e. The fourth-order valence-electron chi connectivity index (χ4n) is 2.86. The molecular formula is C16H15Cl3N2. The van der Waals surface area contributed by atoms with Gasteiger partial charge in [-0.3, -0.25) is 4.90 Å². The Morgan fingerprint density at radius 3 is 2.43 bits per heavy atom. The fourth-order valence-corrected chi connectivity index (χ4v) is 3.39. The molecule has 2 aromatic rings. The first-order chi connectivity index (χ1) is 10.1. The van der Waals surface area contributed by atoms with Crippen molar-refractivity contribution in [1.29, 1.82) is 0 Å². The Labute approximate surface area is 139 Å². The summed E-state index contributed by atoms with van der Waals surface area (Å²) < 4.78 is 0. The molecule has 2 N–H and O–H groups in total. The van der Waals surface area contributed by atoms with Crippen LogP contribution in [0.5, 0.6) is 0 Å². The normalized spacial score (nSPS) is 18.0. The molecule has 0 saturated heterocycles. The molecule has 1 aliphatic rings. The summed E-state index contributed by atoms with van der Waals surface area (Å²) in [6.45, 7) is 2.12. The van der Waals surface area contributed by atoms with Gasteiger partial charge in [-0.1, -0.05) is 53.0 Å². The van der Waals surface area contributed by atoms with Gasteiger partial charge in [0.05, 0.1) is 10.0 Å². The molecule has 0 aromatic heterocycles. The first kappa shape index (κ1) is 15.1. The third-order valence-corrected chi connectivity index (χ3v) is 5.01. The summed E-state index contributed by atoms with van der Waals surface area (Å²) in [6, 6.07) is 11.9. The summed E-state index contributed by atoms with van der Waals surface area (Å²) >= 11 is 18.4. The van der Waals surface area contributed by atoms with Gasteiger partial charge in [0.1, 0.15) is 0 Å². The van der Waals surface area contributed by atoms with Gasteiger partial charge >= 0.3 is 0 Å². The number of nitrogens with two attached hydrogens (primary N) is 1. The maximum Gasteiger partial charge on any atom is 0.0640 e. The molecular weight excluding hydrogens is 327 g/mol. The molecule has 0 aliphatic carbocycles. The van der Waals surface area contributed by atoms with Gasteiger partial charge < -0.3 is 5.73 Å². The molecule has 21 heavy (non-hydrogen) atoms. The van der Waals surface area contributed by atoms with Gasteiger partial charge in [-0.25, -0.2) is 0 Å². The molecule has 1 unspecified atom stereocenters. The average Bonchev–Trinajstić information content (AvgIpc) is 2.83. The molecule has 2 nitrogen and oxygen atoms in total. The van der Waals surface area contributed by atoms with E-state index in [4.69, 9.17) is 40.5 Å². The lowest BCUT2D eigenvalue weighted by Gasteiger charge is -2.23. The second kappa shape index (κ2) is 6.15. The summed E-state index contributed by atoms with van der Waals surface area (Å²) in [5.74, 6) is 0. The SMILES string of the molecule is NCC1c2ccc(Cl)c(Cl)c2CN1Cc1ccc(Cl)cc1. The van der Waals surface area contributed by atoms with Crippen molar-refractivity contribution in [3.05, 3.63) is 68.2 Å². The van der Waals surface area contributed by atoms with Crippen LogP contribution in [0.3, 0.4) is 0 Å². The molecule has 2 aromatic carbocycles. The lowest BCUT2D eigenvalue weighted by molar-refractivity contribution is 0.211. The van der Waals surface area contributed by atoms with Gasteiger partial charge in [0.15, 0.2) is 0 Å². The summed E-state index contributed by atoms with van der Waals surface area (Å²) in [5.41, 5.74) is 9.44. The van der Waals surface area contributed by atoms with E-state index in [1.54, 1.807) is 0 Å². The third kappa shape index (κ3) is 2.92. The third-order valence-electron chi connectivity index (χ3n) is 3.92. The number of rotatable bonds is 3. The van der Waals surface area contributed by atoms with Crippen LogP contribution in [0.2, 0.25) is 15.1 Å². The number of hydrogen-bond acceptors (Lipinski definition) is 2. The van der Waals surface area contributed by atoms with E-state index < -0.39 is 0 Å². The first-order valence-corrected chi connectivity index (χ1v) is 7.89. The van der Waals surface area contributed by atoms with E-state index in [0.717, 1.165) is 23.7 Å². The van der Waals surface area contributed by atoms with Crippen molar-refractivity contribution in [3.63, 3.8) is 0 Å². The minimum Gasteiger partial charge on any atom is -0.329 e. The van der Waals surface area contributed by atoms with Crippen LogP contribution in [-0.4, -0.2) is 11.4 Å². The van der Waals surface area contributed by atoms with E-state index >= 15 is 0 Å². The zero-order valence-electron chi connectivity index (χ0n) is 11.3. The van der Waals surface area contributed by atoms with Gasteiger partial charge in [0, 0.05) is 30.7 Å². The van der Waals surface area contributed by atoms with Crippen LogP contribution >= 0.6 is 34.8 Å². The van der Waals surface area contributed by atoms with E-state index in [1.807, 2.05) is 36.4 Å². The van der Waals surface area contributed by atoms with Gasteiger partial charge in [-0.2, -0.15) is 0 Å². The van der Waals surface area contributed by atoms with Crippen molar-refractivity contribution in [2.45, 2.75) is 19.1 Å². The van der Waals surface area contributed by atoms with Crippen LogP contribution < -0.4 is 5.73 Å². The monoisotopic (exact) mass is 340 g/mol. The predicted molar refractivity (Wildman–Crippen MR) is 89.0 cm³/mol. The van der Waals surface area contributed by atoms with Crippen LogP contribution in [0, 0.1) is 0 Å². The molecule has 0 bridgehead atoms. The minimum absolute atomic E-state index is 0.172. The average molecular weight is 342 g/mol. The zero-order chi connectivity index (χ0) is 15.0. The van der Waals surface area contributed by atoms with Crippen molar-refractivity contribution in [3.8, 4) is 0 Å². The summed E-state index contributed by atoms with van der Waals surface area (Å²) in [4.78, 5) is 2.32. The van der Waals surface area contributed by atoms with E-state index in [2.05, 4.69) is 4.90 Å². The molecule has 0 fully saturated rings. The molecule has 0 radical (unpaired) electrons. The predicted octanol–water partition coefficient (Wildman–Crippen LogP) is 4.66. The van der Waals surface area contributed by atoms with E-state index in [1.165, 1.54) is 11.1 Å². The second-order valence-electron chi connectivity index (χ2n) is 5.21. The van der Waals surface area contributed by atoms with Crippen LogP contribution in [0.4, 0.5) is 0 Å². The highest BCUT2D eigenvalue weighted by Gasteiger charge is 2.31. The molecule has 5 heteroatoms. The molecule has 110 valence electrons. The fraction of sp³-hybridized carbons (Fsp3) is 0.250. The van der Waals surface area contributed by atoms with Gasteiger partial charge in [-0.15, -0.1) is 0 Å². The number of nitrogens with zero attached hydrogens (tertiary/aromatic N) is 1. The largest absolute Gasteiger partial charge is 0.329 e. The van der Waals surface area contributed by atoms with Crippen molar-refractivity contribution in [1.82, 2.24) is 4.90 Å². The maximum absolute atomic E-state index is 6.33. The molecule has 0 saturated carbocycles. The van der Waals surface area contributed by atoms with Crippen molar-refractivity contribution < 1.29 is 0 Å². The quantitative estimate of drug-likeness (QED) is 0.879. The molecule has 1 atom stereocenters. The lowest BCUT2D eigenvalue weighted by atomic mass is 10.0. The van der Waals surface area contributed by atoms with Crippen molar-refractivity contribution >= 4 is 34.8 Å². The number of fused-ring (bicyclic) bond motifs is 1. The van der Waals surface area contributed by atoms with Crippen molar-refractivity contribution in [2.24, 2.45) is 5.73 Å². The maximum atomic E-state index is 6.33. The molecule has 3 rings (SSSR count). The molecule has 0 amide bonds. The summed E-state index contributed by atoms with van der Waals surface area (Å²) in [6.07, 6.45) is 0. The summed E-state index contributed by atoms with van der Waals surface area (Å²) in [5, 5.41) is 1.99. The Kier molecular flexibility index (Phi) is 4.43. The van der Waals surface area contributed by atoms with Crippen LogP contribution in [0.15, 0.2) is 36.4 Å². The number of halogens is 3. The van der Waals surface area contributed by atoms with E-state index in [0.29, 0.717) is 16.6 Å². The Balaban J connectivity index is 1.88. The van der Waals surface area contributed by atoms with Crippen LogP contribution in [0.25, 0.3) is 0 Å². The lowest BCUT2D eigenvalue weighted by Crippen LogP contribution is -2.27. The molecule has 1 aliphatic heterocycles.